The Bertz CT molecular complexity index is 635. The molecule has 4 amide bonds. The van der Waals surface area contributed by atoms with E-state index in [0.717, 1.165) is 0 Å². The maximum atomic E-state index is 12.2. The quantitative estimate of drug-likeness (QED) is 0.476. The molecule has 0 saturated heterocycles. The van der Waals surface area contributed by atoms with Crippen LogP contribution in [0.5, 0.6) is 11.5 Å². The summed E-state index contributed by atoms with van der Waals surface area (Å²) in [6, 6.07) is 5.17. The molecule has 1 aromatic rings. The topological polar surface area (TPSA) is 132 Å². The minimum atomic E-state index is -0.852. The van der Waals surface area contributed by atoms with Crippen LogP contribution in [0.15, 0.2) is 24.3 Å². The van der Waals surface area contributed by atoms with Crippen molar-refractivity contribution in [2.24, 2.45) is 11.7 Å². The number of urea groups is 1. The fourth-order valence-corrected chi connectivity index (χ4v) is 2.20. The third-order valence-electron chi connectivity index (χ3n) is 3.92. The van der Waals surface area contributed by atoms with E-state index in [1.807, 2.05) is 13.8 Å². The summed E-state index contributed by atoms with van der Waals surface area (Å²) < 4.78 is 10.9. The molecule has 0 spiro atoms. The van der Waals surface area contributed by atoms with Crippen LogP contribution in [0.25, 0.3) is 0 Å². The molecule has 0 radical (unpaired) electrons. The fourth-order valence-electron chi connectivity index (χ4n) is 2.20. The van der Waals surface area contributed by atoms with Gasteiger partial charge in [-0.15, -0.1) is 0 Å². The summed E-state index contributed by atoms with van der Waals surface area (Å²) in [6.45, 7) is 7.65. The lowest BCUT2D eigenvalue weighted by molar-refractivity contribution is -0.133. The Morgan fingerprint density at radius 3 is 2.07 bits per heavy atom. The maximum absolute atomic E-state index is 12.2. The number of primary amides is 1. The summed E-state index contributed by atoms with van der Waals surface area (Å²) >= 11 is 0. The van der Waals surface area contributed by atoms with Gasteiger partial charge < -0.3 is 20.5 Å². The highest BCUT2D eigenvalue weighted by atomic mass is 16.5. The van der Waals surface area contributed by atoms with Crippen LogP contribution in [0.4, 0.5) is 4.79 Å². The number of hydrogen-bond donors (Lipinski definition) is 4. The first-order valence-corrected chi connectivity index (χ1v) is 8.83. The van der Waals surface area contributed by atoms with Crippen molar-refractivity contribution in [3.05, 3.63) is 24.3 Å². The number of nitrogens with one attached hydrogen (secondary N) is 3. The number of hydrazine groups is 1. The molecular weight excluding hydrogens is 352 g/mol. The first-order valence-electron chi connectivity index (χ1n) is 8.83. The predicted molar refractivity (Wildman–Crippen MR) is 99.9 cm³/mol. The Morgan fingerprint density at radius 1 is 1.00 bits per heavy atom. The van der Waals surface area contributed by atoms with E-state index in [2.05, 4.69) is 16.2 Å². The molecule has 0 aliphatic heterocycles. The van der Waals surface area contributed by atoms with Gasteiger partial charge in [0.25, 0.3) is 11.8 Å². The molecule has 5 N–H and O–H groups in total. The Hall–Kier alpha value is -2.97. The first kappa shape index (κ1) is 22.1. The van der Waals surface area contributed by atoms with Crippen molar-refractivity contribution >= 4 is 17.8 Å². The number of rotatable bonds is 9. The highest BCUT2D eigenvalue weighted by Crippen LogP contribution is 2.18. The van der Waals surface area contributed by atoms with E-state index in [9.17, 15) is 14.4 Å². The van der Waals surface area contributed by atoms with Gasteiger partial charge in [-0.25, -0.2) is 4.79 Å². The molecule has 0 aliphatic carbocycles. The second kappa shape index (κ2) is 10.9. The van der Waals surface area contributed by atoms with Crippen LogP contribution in [0.3, 0.4) is 0 Å². The second-order valence-electron chi connectivity index (χ2n) is 6.01. The lowest BCUT2D eigenvalue weighted by atomic mass is 9.99. The molecule has 0 unspecified atom stereocenters. The summed E-state index contributed by atoms with van der Waals surface area (Å²) in [4.78, 5) is 35.4. The Kier molecular flexibility index (Phi) is 8.91. The van der Waals surface area contributed by atoms with Crippen LogP contribution in [-0.4, -0.2) is 36.6 Å². The van der Waals surface area contributed by atoms with E-state index in [1.165, 1.54) is 0 Å². The van der Waals surface area contributed by atoms with Crippen molar-refractivity contribution in [3.63, 3.8) is 0 Å². The molecule has 150 valence electrons. The molecule has 0 fully saturated rings. The molecule has 0 heterocycles. The summed E-state index contributed by atoms with van der Waals surface area (Å²) in [5.74, 6) is -0.0801. The summed E-state index contributed by atoms with van der Waals surface area (Å²) in [5.41, 5.74) is 9.67. The van der Waals surface area contributed by atoms with E-state index in [-0.39, 0.29) is 5.92 Å². The number of hydrogen-bond acceptors (Lipinski definition) is 5. The van der Waals surface area contributed by atoms with Gasteiger partial charge in [0.2, 0.25) is 0 Å². The highest BCUT2D eigenvalue weighted by Gasteiger charge is 2.26. The van der Waals surface area contributed by atoms with Crippen molar-refractivity contribution in [2.45, 2.75) is 46.3 Å². The van der Waals surface area contributed by atoms with Gasteiger partial charge in [-0.3, -0.25) is 20.4 Å². The van der Waals surface area contributed by atoms with E-state index < -0.39 is 30.0 Å². The van der Waals surface area contributed by atoms with Gasteiger partial charge in [0, 0.05) is 0 Å². The molecule has 9 heteroatoms. The lowest BCUT2D eigenvalue weighted by Crippen LogP contribution is -2.57. The van der Waals surface area contributed by atoms with Crippen molar-refractivity contribution in [3.8, 4) is 11.5 Å². The highest BCUT2D eigenvalue weighted by molar-refractivity contribution is 5.89. The van der Waals surface area contributed by atoms with Gasteiger partial charge in [-0.2, -0.15) is 0 Å². The van der Waals surface area contributed by atoms with Crippen LogP contribution >= 0.6 is 0 Å². The first-order chi connectivity index (χ1) is 12.8. The molecule has 0 saturated carbocycles. The minimum absolute atomic E-state index is 0.160. The summed E-state index contributed by atoms with van der Waals surface area (Å²) in [6.07, 6.45) is -0.210. The van der Waals surface area contributed by atoms with E-state index in [4.69, 9.17) is 15.2 Å². The van der Waals surface area contributed by atoms with Crippen molar-refractivity contribution in [2.75, 3.05) is 6.61 Å². The Balaban J connectivity index is 2.56. The lowest BCUT2D eigenvalue weighted by Gasteiger charge is -2.23. The van der Waals surface area contributed by atoms with Gasteiger partial charge >= 0.3 is 6.03 Å². The number of benzene rings is 1. The number of ether oxygens (including phenoxy) is 2. The van der Waals surface area contributed by atoms with E-state index in [0.29, 0.717) is 24.5 Å². The Labute approximate surface area is 158 Å². The molecule has 9 nitrogen and oxygen atoms in total. The molecule has 1 aromatic carbocycles. The molecule has 0 bridgehead atoms. The third-order valence-corrected chi connectivity index (χ3v) is 3.92. The average molecular weight is 380 g/mol. The van der Waals surface area contributed by atoms with Gasteiger partial charge in [0.15, 0.2) is 6.10 Å². The van der Waals surface area contributed by atoms with Crippen LogP contribution < -0.4 is 31.4 Å². The molecule has 0 aliphatic rings. The number of amides is 4. The molecule has 0 aromatic heterocycles. The fraction of sp³-hybridized carbons (Fsp3) is 0.500. The molecule has 27 heavy (non-hydrogen) atoms. The van der Waals surface area contributed by atoms with Crippen LogP contribution in [0, 0.1) is 5.92 Å². The number of nitrogens with two attached hydrogens (primary N) is 1. The van der Waals surface area contributed by atoms with Crippen LogP contribution in [-0.2, 0) is 9.59 Å². The SMILES string of the molecule is CCOc1ccc(O[C@H](C)C(=O)NNC(=O)[C@@H](NC(N)=O)[C@@H](C)CC)cc1. The minimum Gasteiger partial charge on any atom is -0.494 e. The van der Waals surface area contributed by atoms with Gasteiger partial charge in [0.05, 0.1) is 6.61 Å². The number of carbonyl (C=O) groups is 3. The van der Waals surface area contributed by atoms with E-state index >= 15 is 0 Å². The van der Waals surface area contributed by atoms with Crippen molar-refractivity contribution in [1.82, 2.24) is 16.2 Å². The monoisotopic (exact) mass is 380 g/mol. The predicted octanol–water partition coefficient (Wildman–Crippen LogP) is 1.08. The van der Waals surface area contributed by atoms with E-state index in [1.54, 1.807) is 38.1 Å². The zero-order valence-electron chi connectivity index (χ0n) is 16.1. The standard InChI is InChI=1S/C18H28N4O5/c1-5-11(3)15(20-18(19)25)17(24)22-21-16(23)12(4)27-14-9-7-13(8-10-14)26-6-2/h7-12,15H,5-6H2,1-4H3,(H,21,23)(H,22,24)(H3,19,20,25)/t11-,12+,15-/m0/s1. The van der Waals surface area contributed by atoms with Gasteiger partial charge in [0.1, 0.15) is 17.5 Å². The van der Waals surface area contributed by atoms with Gasteiger partial charge in [-0.05, 0) is 44.0 Å². The summed E-state index contributed by atoms with van der Waals surface area (Å²) in [7, 11) is 0. The zero-order chi connectivity index (χ0) is 20.4. The summed E-state index contributed by atoms with van der Waals surface area (Å²) in [5, 5.41) is 2.37. The second-order valence-corrected chi connectivity index (χ2v) is 6.01. The molecule has 1 rings (SSSR count). The van der Waals surface area contributed by atoms with Crippen LogP contribution in [0.1, 0.15) is 34.1 Å². The third kappa shape index (κ3) is 7.43. The van der Waals surface area contributed by atoms with Crippen molar-refractivity contribution in [1.29, 1.82) is 0 Å². The Morgan fingerprint density at radius 2 is 1.56 bits per heavy atom. The van der Waals surface area contributed by atoms with Gasteiger partial charge in [-0.1, -0.05) is 20.3 Å². The molecular formula is C18H28N4O5. The smallest absolute Gasteiger partial charge is 0.312 e. The normalized spacial score (nSPS) is 13.6. The average Bonchev–Trinajstić information content (AvgIpc) is 2.64. The number of carbonyl (C=O) groups excluding carboxylic acids is 3. The zero-order valence-corrected chi connectivity index (χ0v) is 16.1. The largest absolute Gasteiger partial charge is 0.494 e. The van der Waals surface area contributed by atoms with Crippen LogP contribution in [0.2, 0.25) is 0 Å². The maximum Gasteiger partial charge on any atom is 0.312 e. The van der Waals surface area contributed by atoms with Crippen molar-refractivity contribution < 1.29 is 23.9 Å². The molecule has 3 atom stereocenters.